The first kappa shape index (κ1) is 26.8. The average Bonchev–Trinajstić information content (AvgIpc) is 3.23. The minimum atomic E-state index is -4.62. The van der Waals surface area contributed by atoms with Gasteiger partial charge in [0.1, 0.15) is 10.9 Å². The molecule has 0 unspecified atom stereocenters. The molecule has 2 aromatic carbocycles. The Morgan fingerprint density at radius 3 is 2.43 bits per heavy atom. The number of nitrogens with zero attached hydrogens (tertiary/aromatic N) is 2. The Labute approximate surface area is 218 Å². The predicted molar refractivity (Wildman–Crippen MR) is 132 cm³/mol. The SMILES string of the molecule is O=C(CN1C(=O)/C(=C2/SC(=S)N(CCS(=O)(=O)[O-])C2=O)c2ccccc21)Nc1cccc(C(F)(F)F)c1. The van der Waals surface area contributed by atoms with Crippen molar-refractivity contribution in [2.75, 3.05) is 29.1 Å². The number of thiocarbonyl (C=S) groups is 1. The summed E-state index contributed by atoms with van der Waals surface area (Å²) in [4.78, 5) is 40.9. The van der Waals surface area contributed by atoms with Gasteiger partial charge in [-0.1, -0.05) is 48.2 Å². The lowest BCUT2D eigenvalue weighted by Gasteiger charge is -2.17. The molecular formula is C22H15F3N3O6S3-. The minimum absolute atomic E-state index is 0.0397. The minimum Gasteiger partial charge on any atom is -0.748 e. The summed E-state index contributed by atoms with van der Waals surface area (Å²) in [5.41, 5.74) is -0.533. The molecule has 0 bridgehead atoms. The lowest BCUT2D eigenvalue weighted by atomic mass is 10.1. The molecule has 15 heteroatoms. The van der Waals surface area contributed by atoms with Gasteiger partial charge >= 0.3 is 6.18 Å². The number of carbonyl (C=O) groups excluding carboxylic acids is 3. The van der Waals surface area contributed by atoms with Crippen molar-refractivity contribution in [3.63, 3.8) is 0 Å². The molecule has 1 fully saturated rings. The van der Waals surface area contributed by atoms with Crippen molar-refractivity contribution in [2.45, 2.75) is 6.18 Å². The van der Waals surface area contributed by atoms with E-state index in [-0.39, 0.29) is 26.2 Å². The molecule has 1 N–H and O–H groups in total. The maximum atomic E-state index is 13.4. The van der Waals surface area contributed by atoms with Crippen molar-refractivity contribution in [1.29, 1.82) is 0 Å². The number of halogens is 3. The van der Waals surface area contributed by atoms with Gasteiger partial charge in [-0.25, -0.2) is 8.42 Å². The number of nitrogens with one attached hydrogen (secondary N) is 1. The Morgan fingerprint density at radius 1 is 1.05 bits per heavy atom. The van der Waals surface area contributed by atoms with Crippen molar-refractivity contribution >= 4 is 73.1 Å². The molecule has 0 spiro atoms. The van der Waals surface area contributed by atoms with Gasteiger partial charge in [-0.05, 0) is 24.3 Å². The first-order chi connectivity index (χ1) is 17.3. The van der Waals surface area contributed by atoms with Crippen LogP contribution in [0.5, 0.6) is 0 Å². The molecule has 3 amide bonds. The van der Waals surface area contributed by atoms with Gasteiger partial charge in [0.2, 0.25) is 5.91 Å². The third-order valence-electron chi connectivity index (χ3n) is 5.34. The molecule has 2 aliphatic rings. The van der Waals surface area contributed by atoms with Crippen LogP contribution >= 0.6 is 24.0 Å². The monoisotopic (exact) mass is 570 g/mol. The van der Waals surface area contributed by atoms with E-state index < -0.39 is 58.4 Å². The fraction of sp³-hybridized carbons (Fsp3) is 0.182. The van der Waals surface area contributed by atoms with Crippen LogP contribution in [0.2, 0.25) is 0 Å². The van der Waals surface area contributed by atoms with Gasteiger partial charge in [-0.15, -0.1) is 0 Å². The molecule has 4 rings (SSSR count). The van der Waals surface area contributed by atoms with Gasteiger partial charge in [0.15, 0.2) is 0 Å². The summed E-state index contributed by atoms with van der Waals surface area (Å²) in [7, 11) is -4.62. The zero-order valence-electron chi connectivity index (χ0n) is 18.4. The van der Waals surface area contributed by atoms with Crippen molar-refractivity contribution in [1.82, 2.24) is 4.90 Å². The van der Waals surface area contributed by atoms with Crippen LogP contribution in [0.15, 0.2) is 53.4 Å². The van der Waals surface area contributed by atoms with E-state index in [1.54, 1.807) is 18.2 Å². The van der Waals surface area contributed by atoms with Crippen LogP contribution in [0.4, 0.5) is 24.5 Å². The molecule has 0 saturated carbocycles. The second kappa shape index (κ2) is 9.89. The van der Waals surface area contributed by atoms with Gasteiger partial charge in [0, 0.05) is 17.8 Å². The van der Waals surface area contributed by atoms with Crippen LogP contribution in [-0.4, -0.2) is 58.8 Å². The van der Waals surface area contributed by atoms with Gasteiger partial charge in [0.05, 0.1) is 37.6 Å². The number of hydrogen-bond donors (Lipinski definition) is 1. The van der Waals surface area contributed by atoms with E-state index in [0.717, 1.165) is 39.8 Å². The second-order valence-corrected chi connectivity index (χ2v) is 11.0. The molecule has 2 heterocycles. The van der Waals surface area contributed by atoms with Crippen LogP contribution in [0, 0.1) is 0 Å². The number of carbonyl (C=O) groups is 3. The van der Waals surface area contributed by atoms with E-state index in [0.29, 0.717) is 5.56 Å². The highest BCUT2D eigenvalue weighted by molar-refractivity contribution is 8.26. The van der Waals surface area contributed by atoms with E-state index in [1.165, 1.54) is 12.1 Å². The van der Waals surface area contributed by atoms with E-state index in [4.69, 9.17) is 12.2 Å². The van der Waals surface area contributed by atoms with Gasteiger partial charge in [0.25, 0.3) is 11.8 Å². The fourth-order valence-corrected chi connectivity index (χ4v) is 5.51. The van der Waals surface area contributed by atoms with Crippen LogP contribution in [-0.2, 0) is 30.7 Å². The van der Waals surface area contributed by atoms with Crippen molar-refractivity contribution in [3.8, 4) is 0 Å². The summed E-state index contributed by atoms with van der Waals surface area (Å²) in [5, 5.41) is 2.33. The number of benzene rings is 2. The maximum absolute atomic E-state index is 13.4. The number of para-hydroxylation sites is 1. The Morgan fingerprint density at radius 2 is 1.76 bits per heavy atom. The predicted octanol–water partition coefficient (Wildman–Crippen LogP) is 2.81. The van der Waals surface area contributed by atoms with Crippen molar-refractivity contribution in [3.05, 3.63) is 64.6 Å². The van der Waals surface area contributed by atoms with E-state index in [2.05, 4.69) is 5.32 Å². The van der Waals surface area contributed by atoms with E-state index in [1.807, 2.05) is 0 Å². The number of alkyl halides is 3. The quantitative estimate of drug-likeness (QED) is 0.319. The first-order valence-electron chi connectivity index (χ1n) is 10.4. The summed E-state index contributed by atoms with van der Waals surface area (Å²) in [6, 6.07) is 10.3. The van der Waals surface area contributed by atoms with Crippen molar-refractivity contribution < 1.29 is 40.5 Å². The molecule has 0 atom stereocenters. The molecular weight excluding hydrogens is 555 g/mol. The molecule has 194 valence electrons. The normalized spacial score (nSPS) is 18.0. The third kappa shape index (κ3) is 5.69. The van der Waals surface area contributed by atoms with E-state index in [9.17, 15) is 40.5 Å². The Bertz CT molecular complexity index is 1470. The number of rotatable bonds is 6. The molecule has 0 aromatic heterocycles. The zero-order valence-corrected chi connectivity index (χ0v) is 20.9. The van der Waals surface area contributed by atoms with Gasteiger partial charge < -0.3 is 9.87 Å². The molecule has 37 heavy (non-hydrogen) atoms. The zero-order chi connectivity index (χ0) is 27.1. The lowest BCUT2D eigenvalue weighted by molar-refractivity contribution is -0.137. The molecule has 1 saturated heterocycles. The van der Waals surface area contributed by atoms with Crippen LogP contribution in [0.1, 0.15) is 11.1 Å². The topological polar surface area (TPSA) is 127 Å². The summed E-state index contributed by atoms with van der Waals surface area (Å²) in [5.74, 6) is -3.13. The van der Waals surface area contributed by atoms with Crippen molar-refractivity contribution in [2.24, 2.45) is 0 Å². The molecule has 9 nitrogen and oxygen atoms in total. The number of fused-ring (bicyclic) bond motifs is 1. The fourth-order valence-electron chi connectivity index (χ4n) is 3.72. The molecule has 2 aromatic rings. The van der Waals surface area contributed by atoms with Crippen LogP contribution in [0.25, 0.3) is 5.57 Å². The highest BCUT2D eigenvalue weighted by Gasteiger charge is 2.42. The highest BCUT2D eigenvalue weighted by Crippen LogP contribution is 2.44. The summed E-state index contributed by atoms with van der Waals surface area (Å²) < 4.78 is 71.9. The standard InChI is InChI=1S/C22H16F3N3O6S3/c23-22(24,25)12-4-3-5-13(10-12)26-16(29)11-28-15-7-2-1-6-14(15)17(19(28)30)18-20(31)27(21(35)36-18)8-9-37(32,33)34/h1-7,10H,8-9,11H2,(H,26,29)(H,32,33,34)/p-1/b18-17+. The lowest BCUT2D eigenvalue weighted by Crippen LogP contribution is -2.36. The molecule has 2 aliphatic heterocycles. The number of thioether (sulfide) groups is 1. The highest BCUT2D eigenvalue weighted by atomic mass is 32.2. The number of amides is 3. The van der Waals surface area contributed by atoms with Gasteiger partial charge in [-0.2, -0.15) is 13.2 Å². The number of anilines is 2. The second-order valence-electron chi connectivity index (χ2n) is 7.83. The molecule has 0 aliphatic carbocycles. The van der Waals surface area contributed by atoms with Gasteiger partial charge in [-0.3, -0.25) is 24.2 Å². The van der Waals surface area contributed by atoms with E-state index >= 15 is 0 Å². The molecule has 0 radical (unpaired) electrons. The smallest absolute Gasteiger partial charge is 0.416 e. The Kier molecular flexibility index (Phi) is 7.16. The maximum Gasteiger partial charge on any atom is 0.416 e. The largest absolute Gasteiger partial charge is 0.748 e. The summed E-state index contributed by atoms with van der Waals surface area (Å²) >= 11 is 5.89. The summed E-state index contributed by atoms with van der Waals surface area (Å²) in [6.07, 6.45) is -4.61. The first-order valence-corrected chi connectivity index (χ1v) is 13.2. The number of hydrogen-bond acceptors (Lipinski definition) is 8. The third-order valence-corrected chi connectivity index (χ3v) is 7.47. The summed E-state index contributed by atoms with van der Waals surface area (Å²) in [6.45, 7) is -1.05. The van der Waals surface area contributed by atoms with Crippen LogP contribution in [0.3, 0.4) is 0 Å². The Hall–Kier alpha value is -3.27. The average molecular weight is 571 g/mol. The van der Waals surface area contributed by atoms with Crippen LogP contribution < -0.4 is 10.2 Å². The Balaban J connectivity index is 1.60.